The molecule has 0 radical (unpaired) electrons. The zero-order chi connectivity index (χ0) is 20.5. The first kappa shape index (κ1) is 20.6. The topological polar surface area (TPSA) is 69.6 Å². The number of nitrogens with zero attached hydrogens (tertiary/aromatic N) is 4. The smallest absolute Gasteiger partial charge is 0.175 e. The highest BCUT2D eigenvalue weighted by Crippen LogP contribution is 2.39. The van der Waals surface area contributed by atoms with Gasteiger partial charge in [-0.15, -0.1) is 0 Å². The van der Waals surface area contributed by atoms with Gasteiger partial charge < -0.3 is 10.3 Å². The monoisotopic (exact) mass is 483 g/mol. The highest BCUT2D eigenvalue weighted by Gasteiger charge is 2.18. The lowest BCUT2D eigenvalue weighted by molar-refractivity contribution is 0.647. The van der Waals surface area contributed by atoms with E-state index in [2.05, 4.69) is 15.0 Å². The van der Waals surface area contributed by atoms with Gasteiger partial charge in [0.15, 0.2) is 22.1 Å². The lowest BCUT2D eigenvalue weighted by Gasteiger charge is -2.10. The molecule has 2 aromatic heterocycles. The average Bonchev–Trinajstić information content (AvgIpc) is 3.04. The molecule has 0 aliphatic rings. The van der Waals surface area contributed by atoms with Crippen LogP contribution in [0.1, 0.15) is 5.56 Å². The van der Waals surface area contributed by atoms with E-state index in [0.717, 1.165) is 10.5 Å². The number of nitrogen functional groups attached to an aromatic ring is 1. The molecule has 2 N–H and O–H groups in total. The van der Waals surface area contributed by atoms with E-state index in [1.807, 2.05) is 28.8 Å². The highest BCUT2D eigenvalue weighted by atomic mass is 35.5. The lowest BCUT2D eigenvalue weighted by Crippen LogP contribution is -2.05. The molecule has 10 heteroatoms. The fourth-order valence-corrected chi connectivity index (χ4v) is 4.74. The van der Waals surface area contributed by atoms with Gasteiger partial charge in [0.1, 0.15) is 6.33 Å². The lowest BCUT2D eigenvalue weighted by atomic mass is 10.1. The fourth-order valence-electron chi connectivity index (χ4n) is 2.83. The molecule has 4 aromatic rings. The molecule has 0 spiro atoms. The minimum Gasteiger partial charge on any atom is -0.382 e. The van der Waals surface area contributed by atoms with Gasteiger partial charge in [-0.1, -0.05) is 64.6 Å². The molecule has 2 aromatic carbocycles. The molecule has 4 rings (SSSR count). The second-order valence-electron chi connectivity index (χ2n) is 6.12. The Hall–Kier alpha value is -1.70. The Morgan fingerprint density at radius 2 is 1.69 bits per heavy atom. The van der Waals surface area contributed by atoms with E-state index in [-0.39, 0.29) is 0 Å². The number of fused-ring (bicyclic) bond motifs is 1. The van der Waals surface area contributed by atoms with Crippen LogP contribution in [0.25, 0.3) is 11.2 Å². The summed E-state index contributed by atoms with van der Waals surface area (Å²) in [6.07, 6.45) is 2.11. The van der Waals surface area contributed by atoms with Crippen molar-refractivity contribution in [3.05, 3.63) is 68.4 Å². The molecule has 29 heavy (non-hydrogen) atoms. The molecule has 0 atom stereocenters. The summed E-state index contributed by atoms with van der Waals surface area (Å²) >= 11 is 26.2. The Labute approximate surface area is 191 Å². The standard InChI is InChI=1S/C19H13Cl4N5S/c20-11-4-2-1-3-10(11)5-6-28-18-16(17(24)25-9-26-18)27-19(28)29-15-8-13(22)12(21)7-14(15)23/h1-4,7-9H,5-6H2,(H2,24,25,26). The fraction of sp³-hybridized carbons (Fsp3) is 0.105. The number of nitrogens with two attached hydrogens (primary N) is 1. The predicted molar refractivity (Wildman–Crippen MR) is 120 cm³/mol. The molecule has 2 heterocycles. The number of rotatable bonds is 5. The van der Waals surface area contributed by atoms with Crippen molar-refractivity contribution in [1.82, 2.24) is 19.5 Å². The number of anilines is 1. The van der Waals surface area contributed by atoms with Gasteiger partial charge in [-0.05, 0) is 41.9 Å². The number of aromatic nitrogens is 4. The Morgan fingerprint density at radius 3 is 2.48 bits per heavy atom. The average molecular weight is 485 g/mol. The molecule has 0 amide bonds. The van der Waals surface area contributed by atoms with Gasteiger partial charge in [0.25, 0.3) is 0 Å². The Morgan fingerprint density at radius 1 is 0.931 bits per heavy atom. The third-order valence-electron chi connectivity index (χ3n) is 4.26. The molecule has 5 nitrogen and oxygen atoms in total. The summed E-state index contributed by atoms with van der Waals surface area (Å²) in [6.45, 7) is 0.595. The number of halogens is 4. The second kappa shape index (κ2) is 8.58. The molecule has 0 aliphatic carbocycles. The van der Waals surface area contributed by atoms with Crippen LogP contribution in [-0.4, -0.2) is 19.5 Å². The van der Waals surface area contributed by atoms with E-state index in [1.54, 1.807) is 12.1 Å². The molecule has 148 valence electrons. The van der Waals surface area contributed by atoms with Gasteiger partial charge in [-0.2, -0.15) is 0 Å². The van der Waals surface area contributed by atoms with Crippen LogP contribution in [0.3, 0.4) is 0 Å². The van der Waals surface area contributed by atoms with E-state index >= 15 is 0 Å². The van der Waals surface area contributed by atoms with Crippen LogP contribution >= 0.6 is 58.2 Å². The maximum Gasteiger partial charge on any atom is 0.175 e. The SMILES string of the molecule is Nc1ncnc2c1nc(Sc1cc(Cl)c(Cl)cc1Cl)n2CCc1ccccc1Cl. The molecule has 0 saturated heterocycles. The minimum atomic E-state index is 0.313. The van der Waals surface area contributed by atoms with E-state index in [4.69, 9.17) is 52.1 Å². The summed E-state index contributed by atoms with van der Waals surface area (Å²) in [6, 6.07) is 11.0. The minimum absolute atomic E-state index is 0.313. The largest absolute Gasteiger partial charge is 0.382 e. The van der Waals surface area contributed by atoms with Crippen molar-refractivity contribution in [3.63, 3.8) is 0 Å². The molecule has 0 fully saturated rings. The molecule has 0 unspecified atom stereocenters. The van der Waals surface area contributed by atoms with E-state index in [0.29, 0.717) is 55.2 Å². The number of aryl methyl sites for hydroxylation is 2. The molecule has 0 saturated carbocycles. The van der Waals surface area contributed by atoms with Crippen molar-refractivity contribution in [2.45, 2.75) is 23.0 Å². The van der Waals surface area contributed by atoms with Gasteiger partial charge in [-0.25, -0.2) is 15.0 Å². The summed E-state index contributed by atoms with van der Waals surface area (Å²) < 4.78 is 1.97. The molecule has 0 bridgehead atoms. The van der Waals surface area contributed by atoms with Crippen molar-refractivity contribution in [1.29, 1.82) is 0 Å². The highest BCUT2D eigenvalue weighted by molar-refractivity contribution is 7.99. The summed E-state index contributed by atoms with van der Waals surface area (Å²) in [5, 5.41) is 2.67. The molecule has 0 aliphatic heterocycles. The van der Waals surface area contributed by atoms with Gasteiger partial charge >= 0.3 is 0 Å². The normalized spacial score (nSPS) is 11.3. The number of hydrogen-bond donors (Lipinski definition) is 1. The van der Waals surface area contributed by atoms with Crippen LogP contribution in [-0.2, 0) is 13.0 Å². The summed E-state index contributed by atoms with van der Waals surface area (Å²) in [5.41, 5.74) is 8.22. The molecular weight excluding hydrogens is 472 g/mol. The number of benzene rings is 2. The van der Waals surface area contributed by atoms with Crippen LogP contribution in [0, 0.1) is 0 Å². The second-order valence-corrected chi connectivity index (χ2v) is 8.76. The third-order valence-corrected chi connectivity index (χ3v) is 6.83. The van der Waals surface area contributed by atoms with Crippen LogP contribution in [0.4, 0.5) is 5.82 Å². The first-order valence-corrected chi connectivity index (χ1v) is 10.8. The van der Waals surface area contributed by atoms with Crippen LogP contribution in [0.15, 0.2) is 52.8 Å². The Balaban J connectivity index is 1.75. The summed E-state index contributed by atoms with van der Waals surface area (Å²) in [7, 11) is 0. The summed E-state index contributed by atoms with van der Waals surface area (Å²) in [4.78, 5) is 13.8. The number of imidazole rings is 1. The molecular formula is C19H13Cl4N5S. The van der Waals surface area contributed by atoms with Gasteiger partial charge in [0, 0.05) is 16.5 Å². The maximum absolute atomic E-state index is 6.36. The van der Waals surface area contributed by atoms with Gasteiger partial charge in [0.2, 0.25) is 0 Å². The number of hydrogen-bond acceptors (Lipinski definition) is 5. The van der Waals surface area contributed by atoms with Gasteiger partial charge in [0.05, 0.1) is 15.1 Å². The zero-order valence-corrected chi connectivity index (χ0v) is 18.6. The van der Waals surface area contributed by atoms with Crippen LogP contribution in [0.2, 0.25) is 20.1 Å². The van der Waals surface area contributed by atoms with Crippen molar-refractivity contribution in [2.75, 3.05) is 5.73 Å². The Kier molecular flexibility index (Phi) is 6.08. The van der Waals surface area contributed by atoms with Gasteiger partial charge in [-0.3, -0.25) is 0 Å². The third kappa shape index (κ3) is 4.27. The van der Waals surface area contributed by atoms with Crippen LogP contribution in [0.5, 0.6) is 0 Å². The van der Waals surface area contributed by atoms with Crippen molar-refractivity contribution in [2.24, 2.45) is 0 Å². The predicted octanol–water partition coefficient (Wildman–Crippen LogP) is 6.42. The van der Waals surface area contributed by atoms with Crippen molar-refractivity contribution < 1.29 is 0 Å². The zero-order valence-electron chi connectivity index (χ0n) is 14.7. The van der Waals surface area contributed by atoms with Crippen molar-refractivity contribution in [3.8, 4) is 0 Å². The summed E-state index contributed by atoms with van der Waals surface area (Å²) in [5.74, 6) is 0.313. The maximum atomic E-state index is 6.36. The quantitative estimate of drug-likeness (QED) is 0.331. The van der Waals surface area contributed by atoms with Crippen LogP contribution < -0.4 is 5.73 Å². The first-order chi connectivity index (χ1) is 13.9. The van der Waals surface area contributed by atoms with E-state index < -0.39 is 0 Å². The first-order valence-electron chi connectivity index (χ1n) is 8.46. The van der Waals surface area contributed by atoms with E-state index in [1.165, 1.54) is 18.1 Å². The van der Waals surface area contributed by atoms with Crippen molar-refractivity contribution >= 4 is 75.1 Å². The Bertz CT molecular complexity index is 1210. The van der Waals surface area contributed by atoms with E-state index in [9.17, 15) is 0 Å².